The van der Waals surface area contributed by atoms with Crippen molar-refractivity contribution in [3.05, 3.63) is 108 Å². The Morgan fingerprint density at radius 3 is 1.53 bits per heavy atom. The monoisotopic (exact) mass is 570 g/mol. The summed E-state index contributed by atoms with van der Waals surface area (Å²) in [5.41, 5.74) is 6.43. The normalized spacial score (nSPS) is 19.2. The molecule has 0 atom stereocenters. The Balaban J connectivity index is 1.32. The summed E-state index contributed by atoms with van der Waals surface area (Å²) < 4.78 is 22.6. The van der Waals surface area contributed by atoms with Crippen molar-refractivity contribution in [3.63, 3.8) is 0 Å². The average Bonchev–Trinajstić information content (AvgIpc) is 3.51. The van der Waals surface area contributed by atoms with Crippen LogP contribution in [0.2, 0.25) is 0 Å². The Morgan fingerprint density at radius 2 is 1.09 bits per heavy atom. The minimum absolute atomic E-state index is 0.177. The number of nitrogens with zero attached hydrogens (tertiary/aromatic N) is 2. The summed E-state index contributed by atoms with van der Waals surface area (Å²) in [5.74, 6) is -1.42. The molecule has 4 aromatic carbocycles. The van der Waals surface area contributed by atoms with Crippen LogP contribution < -0.4 is 0 Å². The molecule has 0 bridgehead atoms. The lowest BCUT2D eigenvalue weighted by molar-refractivity contribution is -0.343. The van der Waals surface area contributed by atoms with E-state index in [2.05, 4.69) is 95.8 Å². The van der Waals surface area contributed by atoms with E-state index in [-0.39, 0.29) is 17.3 Å². The smallest absolute Gasteiger partial charge is 0.368 e. The van der Waals surface area contributed by atoms with Crippen molar-refractivity contribution >= 4 is 61.5 Å². The first-order chi connectivity index (χ1) is 20.9. The van der Waals surface area contributed by atoms with Crippen LogP contribution in [0, 0.1) is 0 Å². The van der Waals surface area contributed by atoms with Crippen LogP contribution in [0.15, 0.2) is 96.4 Å². The predicted octanol–water partition coefficient (Wildman–Crippen LogP) is 8.65. The van der Waals surface area contributed by atoms with Crippen molar-refractivity contribution in [2.24, 2.45) is 0 Å². The van der Waals surface area contributed by atoms with Crippen molar-refractivity contribution in [1.82, 2.24) is 9.13 Å². The highest BCUT2D eigenvalue weighted by atomic mass is 16.9. The van der Waals surface area contributed by atoms with E-state index >= 15 is 0 Å². The van der Waals surface area contributed by atoms with Gasteiger partial charge in [-0.1, -0.05) is 48.5 Å². The van der Waals surface area contributed by atoms with Gasteiger partial charge in [0.25, 0.3) is 5.78 Å². The first kappa shape index (κ1) is 27.0. The Hall–Kier alpha value is -4.81. The largest absolute Gasteiger partial charge is 0.426 e. The van der Waals surface area contributed by atoms with Gasteiger partial charge in [-0.25, -0.2) is 0 Å². The van der Waals surface area contributed by atoms with Gasteiger partial charge in [-0.2, -0.15) is 0 Å². The topological polar surface area (TPSA) is 54.6 Å². The molecule has 43 heavy (non-hydrogen) atoms. The van der Waals surface area contributed by atoms with E-state index in [0.717, 1.165) is 46.0 Å². The van der Waals surface area contributed by atoms with E-state index in [9.17, 15) is 4.79 Å². The molecule has 1 saturated heterocycles. The molecular weight excluding hydrogens is 536 g/mol. The molecule has 0 saturated carbocycles. The fourth-order valence-corrected chi connectivity index (χ4v) is 6.45. The molecular formula is C37H34N2O4. The molecule has 6 nitrogen and oxygen atoms in total. The molecule has 0 aliphatic carbocycles. The van der Waals surface area contributed by atoms with E-state index in [4.69, 9.17) is 14.2 Å². The lowest BCUT2D eigenvalue weighted by Gasteiger charge is -2.35. The van der Waals surface area contributed by atoms with Gasteiger partial charge < -0.3 is 23.3 Å². The number of aryl methyl sites for hydroxylation is 2. The summed E-state index contributed by atoms with van der Waals surface area (Å²) in [6.45, 7) is 9.97. The zero-order valence-corrected chi connectivity index (χ0v) is 24.9. The fraction of sp³-hybridized carbons (Fsp3) is 0.216. The van der Waals surface area contributed by atoms with Gasteiger partial charge in [0.1, 0.15) is 0 Å². The Kier molecular flexibility index (Phi) is 6.59. The van der Waals surface area contributed by atoms with E-state index in [1.54, 1.807) is 19.1 Å². The van der Waals surface area contributed by atoms with Crippen molar-refractivity contribution in [2.75, 3.05) is 6.61 Å². The number of fused-ring (bicyclic) bond motifs is 6. The van der Waals surface area contributed by atoms with Crippen LogP contribution in [0.3, 0.4) is 0 Å². The van der Waals surface area contributed by atoms with Crippen LogP contribution in [0.4, 0.5) is 0 Å². The lowest BCUT2D eigenvalue weighted by Crippen LogP contribution is -2.42. The Morgan fingerprint density at radius 1 is 0.651 bits per heavy atom. The van der Waals surface area contributed by atoms with Gasteiger partial charge in [-0.3, -0.25) is 4.79 Å². The SMILES string of the molecule is CCOC1(C)O/C(=C\c2ccc3c(c2)c2ccccc2n3CC)C(=O)/C(=C/c2ccc3c(c2)c2ccccc2n3CC)O1. The highest BCUT2D eigenvalue weighted by Gasteiger charge is 2.41. The zero-order valence-electron chi connectivity index (χ0n) is 24.9. The summed E-state index contributed by atoms with van der Waals surface area (Å²) in [5, 5.41) is 4.63. The van der Waals surface area contributed by atoms with Crippen LogP contribution in [0.5, 0.6) is 0 Å². The van der Waals surface area contributed by atoms with Crippen molar-refractivity contribution in [1.29, 1.82) is 0 Å². The molecule has 6 heteroatoms. The third-order valence-corrected chi connectivity index (χ3v) is 8.27. The minimum atomic E-state index is -1.44. The number of para-hydroxylation sites is 2. The Labute approximate surface area is 250 Å². The molecule has 1 fully saturated rings. The second kappa shape index (κ2) is 10.5. The number of benzene rings is 4. The molecule has 216 valence electrons. The molecule has 6 aromatic rings. The number of rotatable bonds is 6. The fourth-order valence-electron chi connectivity index (χ4n) is 6.45. The van der Waals surface area contributed by atoms with Crippen LogP contribution >= 0.6 is 0 Å². The van der Waals surface area contributed by atoms with Gasteiger partial charge in [0.15, 0.2) is 11.5 Å². The minimum Gasteiger partial charge on any atom is -0.426 e. The van der Waals surface area contributed by atoms with Crippen molar-refractivity contribution in [2.45, 2.75) is 46.8 Å². The highest BCUT2D eigenvalue weighted by Crippen LogP contribution is 2.36. The first-order valence-electron chi connectivity index (χ1n) is 14.9. The van der Waals surface area contributed by atoms with Gasteiger partial charge in [0.2, 0.25) is 0 Å². The molecule has 2 aromatic heterocycles. The number of ether oxygens (including phenoxy) is 3. The second-order valence-corrected chi connectivity index (χ2v) is 10.9. The van der Waals surface area contributed by atoms with Gasteiger partial charge >= 0.3 is 5.97 Å². The standard InChI is InChI=1S/C37H34N2O4/c1-5-38-30-14-10-8-12-26(30)28-20-24(16-18-32(28)38)22-34-36(40)35(43-37(4,42-34)41-7-3)23-25-17-19-33-29(21-25)27-13-9-11-15-31(27)39(33)6-2/h8-23H,5-7H2,1-4H3/b34-22-,35-23-. The maximum absolute atomic E-state index is 13.8. The van der Waals surface area contributed by atoms with E-state index < -0.39 is 5.97 Å². The van der Waals surface area contributed by atoms with E-state index in [1.165, 1.54) is 21.8 Å². The number of carbonyl (C=O) groups excluding carboxylic acids is 1. The Bertz CT molecular complexity index is 1970. The average molecular weight is 571 g/mol. The number of aromatic nitrogens is 2. The molecule has 0 unspecified atom stereocenters. The summed E-state index contributed by atoms with van der Waals surface area (Å²) in [6.07, 6.45) is 3.57. The quantitative estimate of drug-likeness (QED) is 0.188. The maximum Gasteiger partial charge on any atom is 0.368 e. The third-order valence-electron chi connectivity index (χ3n) is 8.27. The van der Waals surface area contributed by atoms with Gasteiger partial charge in [0, 0.05) is 63.6 Å². The van der Waals surface area contributed by atoms with Gasteiger partial charge in [-0.05, 0) is 80.4 Å². The van der Waals surface area contributed by atoms with Crippen LogP contribution in [0.1, 0.15) is 38.8 Å². The summed E-state index contributed by atoms with van der Waals surface area (Å²) >= 11 is 0. The van der Waals surface area contributed by atoms with Gasteiger partial charge in [0.05, 0.1) is 6.61 Å². The molecule has 7 rings (SSSR count). The molecule has 0 spiro atoms. The zero-order chi connectivity index (χ0) is 29.7. The van der Waals surface area contributed by atoms with Crippen molar-refractivity contribution < 1.29 is 19.0 Å². The number of carbonyl (C=O) groups is 1. The molecule has 1 aliphatic rings. The number of ketones is 1. The van der Waals surface area contributed by atoms with Crippen molar-refractivity contribution in [3.8, 4) is 0 Å². The molecule has 1 aliphatic heterocycles. The van der Waals surface area contributed by atoms with Crippen LogP contribution in [0.25, 0.3) is 55.8 Å². The summed E-state index contributed by atoms with van der Waals surface area (Å²) in [4.78, 5) is 13.8. The van der Waals surface area contributed by atoms with Crippen LogP contribution in [-0.2, 0) is 32.1 Å². The highest BCUT2D eigenvalue weighted by molar-refractivity contribution is 6.13. The second-order valence-electron chi connectivity index (χ2n) is 10.9. The molecule has 3 heterocycles. The summed E-state index contributed by atoms with van der Waals surface area (Å²) in [6, 6.07) is 29.3. The van der Waals surface area contributed by atoms with Gasteiger partial charge in [-0.15, -0.1) is 0 Å². The predicted molar refractivity (Wildman–Crippen MR) is 173 cm³/mol. The van der Waals surface area contributed by atoms with Crippen LogP contribution in [-0.4, -0.2) is 27.5 Å². The number of hydrogen-bond donors (Lipinski definition) is 0. The molecule has 0 radical (unpaired) electrons. The first-order valence-corrected chi connectivity index (χ1v) is 14.9. The lowest BCUT2D eigenvalue weighted by atomic mass is 10.1. The maximum atomic E-state index is 13.8. The third kappa shape index (κ3) is 4.50. The van der Waals surface area contributed by atoms with E-state index in [1.807, 2.05) is 19.1 Å². The summed E-state index contributed by atoms with van der Waals surface area (Å²) in [7, 11) is 0. The van der Waals surface area contributed by atoms with E-state index in [0.29, 0.717) is 6.61 Å². The number of Topliss-reactive ketones (excluding diaryl/α,β-unsaturated/α-hetero) is 1. The molecule has 0 N–H and O–H groups in total. The molecule has 0 amide bonds. The number of hydrogen-bond acceptors (Lipinski definition) is 4.